The SMILES string of the molecule is C=C(CCCC)C(=O)O.CC.CC.CC12CCC/C(=C\Br)C1CCC2. The fourth-order valence-corrected chi connectivity index (χ4v) is 4.21. The molecule has 3 heteroatoms. The number of unbranched alkanes of at least 4 members (excludes halogenated alkanes) is 1. The average Bonchev–Trinajstić information content (AvgIpc) is 3.05. The largest absolute Gasteiger partial charge is 0.478 e. The van der Waals surface area contributed by atoms with E-state index >= 15 is 0 Å². The zero-order valence-electron chi connectivity index (χ0n) is 17.5. The molecule has 0 aromatic carbocycles. The number of carboxylic acid groups (broad SMARTS) is 1. The van der Waals surface area contributed by atoms with Crippen LogP contribution in [-0.4, -0.2) is 11.1 Å². The lowest BCUT2D eigenvalue weighted by molar-refractivity contribution is -0.132. The van der Waals surface area contributed by atoms with Gasteiger partial charge >= 0.3 is 5.97 Å². The molecule has 2 unspecified atom stereocenters. The zero-order valence-corrected chi connectivity index (χ0v) is 19.0. The van der Waals surface area contributed by atoms with E-state index < -0.39 is 5.97 Å². The van der Waals surface area contributed by atoms with Gasteiger partial charge in [0.05, 0.1) is 0 Å². The standard InChI is InChI=1S/C11H17Br.C7H12O2.2C2H6/c1-11-6-2-4-9(8-12)10(11)5-3-7-11;1-3-4-5-6(2)7(8)9;2*1-2/h8,10H,2-7H2,1H3;2-5H2,1H3,(H,8,9);2*1-2H3/b9-8+;;;. The molecule has 148 valence electrons. The maximum atomic E-state index is 10.1. The van der Waals surface area contributed by atoms with E-state index in [1.807, 2.05) is 34.6 Å². The smallest absolute Gasteiger partial charge is 0.330 e. The lowest BCUT2D eigenvalue weighted by Crippen LogP contribution is -2.27. The first-order chi connectivity index (χ1) is 11.9. The van der Waals surface area contributed by atoms with Gasteiger partial charge in [-0.2, -0.15) is 0 Å². The first-order valence-corrected chi connectivity index (χ1v) is 11.1. The van der Waals surface area contributed by atoms with Crippen LogP contribution in [-0.2, 0) is 4.79 Å². The van der Waals surface area contributed by atoms with Crippen LogP contribution in [0.4, 0.5) is 0 Å². The highest BCUT2D eigenvalue weighted by Crippen LogP contribution is 2.54. The Balaban J connectivity index is 0. The van der Waals surface area contributed by atoms with Gasteiger partial charge in [0.15, 0.2) is 0 Å². The second-order valence-electron chi connectivity index (χ2n) is 6.65. The second kappa shape index (κ2) is 15.7. The Kier molecular flexibility index (Phi) is 16.7. The number of hydrogen-bond donors (Lipinski definition) is 1. The highest BCUT2D eigenvalue weighted by molar-refractivity contribution is 9.11. The Morgan fingerprint density at radius 1 is 1.28 bits per heavy atom. The van der Waals surface area contributed by atoms with Crippen molar-refractivity contribution in [3.63, 3.8) is 0 Å². The van der Waals surface area contributed by atoms with Gasteiger partial charge in [-0.1, -0.05) is 82.5 Å². The molecule has 2 atom stereocenters. The Bertz CT molecular complexity index is 401. The highest BCUT2D eigenvalue weighted by atomic mass is 79.9. The van der Waals surface area contributed by atoms with Crippen molar-refractivity contribution in [3.05, 3.63) is 22.7 Å². The van der Waals surface area contributed by atoms with Crippen LogP contribution >= 0.6 is 15.9 Å². The Hall–Kier alpha value is -0.570. The van der Waals surface area contributed by atoms with Crippen molar-refractivity contribution in [2.75, 3.05) is 0 Å². The summed E-state index contributed by atoms with van der Waals surface area (Å²) < 4.78 is 0. The summed E-state index contributed by atoms with van der Waals surface area (Å²) in [6, 6.07) is 0. The average molecular weight is 417 g/mol. The van der Waals surface area contributed by atoms with E-state index in [0.717, 1.165) is 18.8 Å². The number of aliphatic carboxylic acids is 1. The van der Waals surface area contributed by atoms with Gasteiger partial charge < -0.3 is 5.11 Å². The van der Waals surface area contributed by atoms with E-state index in [2.05, 4.69) is 34.4 Å². The number of carboxylic acids is 1. The molecular formula is C22H41BrO2. The summed E-state index contributed by atoms with van der Waals surface area (Å²) in [5, 5.41) is 8.31. The van der Waals surface area contributed by atoms with E-state index in [-0.39, 0.29) is 0 Å². The van der Waals surface area contributed by atoms with Gasteiger partial charge in [-0.3, -0.25) is 0 Å². The fourth-order valence-electron chi connectivity index (χ4n) is 3.66. The summed E-state index contributed by atoms with van der Waals surface area (Å²) in [5.74, 6) is 0.0362. The second-order valence-corrected chi connectivity index (χ2v) is 7.11. The Labute approximate surface area is 165 Å². The summed E-state index contributed by atoms with van der Waals surface area (Å²) in [7, 11) is 0. The van der Waals surface area contributed by atoms with E-state index in [9.17, 15) is 4.79 Å². The van der Waals surface area contributed by atoms with Crippen LogP contribution in [0.25, 0.3) is 0 Å². The molecule has 2 saturated carbocycles. The van der Waals surface area contributed by atoms with Gasteiger partial charge in [0.2, 0.25) is 0 Å². The maximum absolute atomic E-state index is 10.1. The van der Waals surface area contributed by atoms with Crippen molar-refractivity contribution in [1.29, 1.82) is 0 Å². The van der Waals surface area contributed by atoms with Crippen LogP contribution in [0.15, 0.2) is 22.7 Å². The van der Waals surface area contributed by atoms with Crippen LogP contribution in [0.1, 0.15) is 99.3 Å². The third-order valence-electron chi connectivity index (χ3n) is 5.02. The predicted molar refractivity (Wildman–Crippen MR) is 115 cm³/mol. The summed E-state index contributed by atoms with van der Waals surface area (Å²) in [6.45, 7) is 15.9. The van der Waals surface area contributed by atoms with Crippen molar-refractivity contribution in [2.24, 2.45) is 11.3 Å². The minimum atomic E-state index is -0.872. The van der Waals surface area contributed by atoms with E-state index in [4.69, 9.17) is 5.11 Å². The normalized spacial score (nSPS) is 25.2. The number of fused-ring (bicyclic) bond motifs is 1. The van der Waals surface area contributed by atoms with Crippen LogP contribution in [0.5, 0.6) is 0 Å². The first-order valence-electron chi connectivity index (χ1n) is 10.1. The van der Waals surface area contributed by atoms with Crippen molar-refractivity contribution < 1.29 is 9.90 Å². The van der Waals surface area contributed by atoms with Gasteiger partial charge in [-0.25, -0.2) is 4.79 Å². The van der Waals surface area contributed by atoms with Crippen molar-refractivity contribution >= 4 is 21.9 Å². The highest BCUT2D eigenvalue weighted by Gasteiger charge is 2.42. The molecule has 2 fully saturated rings. The molecule has 0 spiro atoms. The quantitative estimate of drug-likeness (QED) is 0.469. The van der Waals surface area contributed by atoms with Gasteiger partial charge in [0.1, 0.15) is 0 Å². The lowest BCUT2D eigenvalue weighted by atomic mass is 9.68. The minimum Gasteiger partial charge on any atom is -0.478 e. The molecule has 0 aliphatic heterocycles. The minimum absolute atomic E-state index is 0.317. The molecule has 0 aromatic rings. The molecular weight excluding hydrogens is 376 g/mol. The molecule has 0 radical (unpaired) electrons. The van der Waals surface area contributed by atoms with Gasteiger partial charge in [-0.05, 0) is 61.3 Å². The topological polar surface area (TPSA) is 37.3 Å². The third kappa shape index (κ3) is 9.63. The van der Waals surface area contributed by atoms with Crippen LogP contribution < -0.4 is 0 Å². The molecule has 0 saturated heterocycles. The van der Waals surface area contributed by atoms with Gasteiger partial charge in [-0.15, -0.1) is 0 Å². The summed E-state index contributed by atoms with van der Waals surface area (Å²) in [5.41, 5.74) is 2.66. The number of carbonyl (C=O) groups is 1. The van der Waals surface area contributed by atoms with E-state index in [1.165, 1.54) is 38.5 Å². The molecule has 2 aliphatic rings. The fraction of sp³-hybridized carbons (Fsp3) is 0.773. The van der Waals surface area contributed by atoms with Gasteiger partial charge in [0, 0.05) is 5.57 Å². The Morgan fingerprint density at radius 3 is 2.32 bits per heavy atom. The number of halogens is 1. The summed E-state index contributed by atoms with van der Waals surface area (Å²) >= 11 is 3.51. The number of allylic oxidation sites excluding steroid dienone is 1. The molecule has 2 rings (SSSR count). The first kappa shape index (κ1) is 26.7. The van der Waals surface area contributed by atoms with E-state index in [1.54, 1.807) is 5.57 Å². The molecule has 25 heavy (non-hydrogen) atoms. The molecule has 2 nitrogen and oxygen atoms in total. The third-order valence-corrected chi connectivity index (χ3v) is 5.61. The molecule has 0 aromatic heterocycles. The number of hydrogen-bond acceptors (Lipinski definition) is 1. The monoisotopic (exact) mass is 416 g/mol. The van der Waals surface area contributed by atoms with Crippen molar-refractivity contribution in [3.8, 4) is 0 Å². The molecule has 0 amide bonds. The van der Waals surface area contributed by atoms with Crippen molar-refractivity contribution in [2.45, 2.75) is 99.3 Å². The lowest BCUT2D eigenvalue weighted by Gasteiger charge is -2.38. The number of rotatable bonds is 4. The zero-order chi connectivity index (χ0) is 19.9. The van der Waals surface area contributed by atoms with Crippen LogP contribution in [0.2, 0.25) is 0 Å². The van der Waals surface area contributed by atoms with Crippen LogP contribution in [0, 0.1) is 11.3 Å². The Morgan fingerprint density at radius 2 is 1.84 bits per heavy atom. The summed E-state index contributed by atoms with van der Waals surface area (Å²) in [6.07, 6.45) is 11.1. The van der Waals surface area contributed by atoms with Crippen molar-refractivity contribution in [1.82, 2.24) is 0 Å². The van der Waals surface area contributed by atoms with E-state index in [0.29, 0.717) is 17.4 Å². The maximum Gasteiger partial charge on any atom is 0.330 e. The van der Waals surface area contributed by atoms with Gasteiger partial charge in [0.25, 0.3) is 0 Å². The molecule has 0 bridgehead atoms. The van der Waals surface area contributed by atoms with Crippen LogP contribution in [0.3, 0.4) is 0 Å². The summed E-state index contributed by atoms with van der Waals surface area (Å²) in [4.78, 5) is 12.3. The predicted octanol–water partition coefficient (Wildman–Crippen LogP) is 8.13. The molecule has 2 aliphatic carbocycles. The molecule has 1 N–H and O–H groups in total. The molecule has 0 heterocycles.